The van der Waals surface area contributed by atoms with Gasteiger partial charge in [0.05, 0.1) is 16.1 Å². The van der Waals surface area contributed by atoms with Crippen molar-refractivity contribution in [3.05, 3.63) is 58.4 Å². The maximum Gasteiger partial charge on any atom is 0.335 e. The van der Waals surface area contributed by atoms with Crippen molar-refractivity contribution in [1.29, 1.82) is 0 Å². The van der Waals surface area contributed by atoms with Crippen LogP contribution in [0.2, 0.25) is 0 Å². The highest BCUT2D eigenvalue weighted by atomic mass is 32.2. The van der Waals surface area contributed by atoms with Crippen molar-refractivity contribution in [2.75, 3.05) is 10.8 Å². The van der Waals surface area contributed by atoms with Crippen LogP contribution in [0.5, 0.6) is 0 Å². The Morgan fingerprint density at radius 3 is 2.62 bits per heavy atom. The maximum absolute atomic E-state index is 14.4. The van der Waals surface area contributed by atoms with Crippen molar-refractivity contribution in [1.82, 2.24) is 0 Å². The molecule has 0 bridgehead atoms. The summed E-state index contributed by atoms with van der Waals surface area (Å²) in [4.78, 5) is 11.4. The van der Waals surface area contributed by atoms with Crippen LogP contribution in [0.4, 0.5) is 10.1 Å². The van der Waals surface area contributed by atoms with Crippen molar-refractivity contribution in [3.63, 3.8) is 0 Å². The van der Waals surface area contributed by atoms with E-state index in [9.17, 15) is 22.7 Å². The minimum absolute atomic E-state index is 0.000929. The molecule has 2 aromatic rings. The molecule has 0 saturated carbocycles. The molecule has 26 heavy (non-hydrogen) atoms. The number of carboxylic acids is 1. The van der Waals surface area contributed by atoms with E-state index in [1.165, 1.54) is 12.1 Å². The van der Waals surface area contributed by atoms with Crippen LogP contribution in [0.25, 0.3) is 0 Å². The summed E-state index contributed by atoms with van der Waals surface area (Å²) in [6.07, 6.45) is 3.24. The smallest absolute Gasteiger partial charge is 0.335 e. The van der Waals surface area contributed by atoms with E-state index in [0.717, 1.165) is 16.3 Å². The van der Waals surface area contributed by atoms with E-state index in [1.54, 1.807) is 18.2 Å². The maximum atomic E-state index is 14.4. The molecule has 1 N–H and O–H groups in total. The number of hydrogen-bond donors (Lipinski definition) is 1. The Hall–Kier alpha value is -2.41. The van der Waals surface area contributed by atoms with Crippen molar-refractivity contribution in [2.45, 2.75) is 37.0 Å². The number of fused-ring (bicyclic) bond motifs is 2. The lowest BCUT2D eigenvalue weighted by Gasteiger charge is -2.31. The van der Waals surface area contributed by atoms with E-state index in [2.05, 4.69) is 0 Å². The van der Waals surface area contributed by atoms with Gasteiger partial charge in [-0.25, -0.2) is 17.6 Å². The zero-order valence-electron chi connectivity index (χ0n) is 14.0. The Balaban J connectivity index is 1.91. The Labute approximate surface area is 151 Å². The van der Waals surface area contributed by atoms with Gasteiger partial charge in [0.2, 0.25) is 0 Å². The molecular weight excluding hydrogens is 357 g/mol. The summed E-state index contributed by atoms with van der Waals surface area (Å²) >= 11 is 0. The second kappa shape index (κ2) is 6.09. The van der Waals surface area contributed by atoms with E-state index in [0.29, 0.717) is 36.8 Å². The number of hydrogen-bond acceptors (Lipinski definition) is 3. The minimum atomic E-state index is -4.05. The molecule has 7 heteroatoms. The molecule has 1 aliphatic carbocycles. The third kappa shape index (κ3) is 2.58. The highest BCUT2D eigenvalue weighted by molar-refractivity contribution is 7.92. The molecule has 1 aliphatic heterocycles. The summed E-state index contributed by atoms with van der Waals surface area (Å²) < 4.78 is 42.4. The Morgan fingerprint density at radius 2 is 1.85 bits per heavy atom. The molecule has 0 unspecified atom stereocenters. The molecule has 0 radical (unpaired) electrons. The lowest BCUT2D eigenvalue weighted by molar-refractivity contribution is 0.0696. The second-order valence-electron chi connectivity index (χ2n) is 6.70. The van der Waals surface area contributed by atoms with E-state index in [4.69, 9.17) is 0 Å². The van der Waals surface area contributed by atoms with Crippen molar-refractivity contribution in [3.8, 4) is 0 Å². The van der Waals surface area contributed by atoms with Crippen molar-refractivity contribution < 1.29 is 22.7 Å². The van der Waals surface area contributed by atoms with Crippen LogP contribution in [0.15, 0.2) is 35.2 Å². The van der Waals surface area contributed by atoms with Gasteiger partial charge in [0, 0.05) is 6.54 Å². The predicted molar refractivity (Wildman–Crippen MR) is 94.7 cm³/mol. The Morgan fingerprint density at radius 1 is 1.08 bits per heavy atom. The molecule has 0 fully saturated rings. The second-order valence-corrected chi connectivity index (χ2v) is 8.53. The number of rotatable bonds is 3. The normalized spacial score (nSPS) is 16.3. The molecular formula is C19H18FNO4S. The van der Waals surface area contributed by atoms with Crippen LogP contribution in [0.3, 0.4) is 0 Å². The highest BCUT2D eigenvalue weighted by Gasteiger charge is 2.35. The molecule has 5 nitrogen and oxygen atoms in total. The van der Waals surface area contributed by atoms with Gasteiger partial charge in [-0.3, -0.25) is 4.31 Å². The molecule has 4 rings (SSSR count). The molecule has 1 heterocycles. The average molecular weight is 375 g/mol. The summed E-state index contributed by atoms with van der Waals surface area (Å²) in [5.74, 6) is -1.74. The summed E-state index contributed by atoms with van der Waals surface area (Å²) in [6, 6.07) is 7.33. The third-order valence-corrected chi connectivity index (χ3v) is 6.98. The van der Waals surface area contributed by atoms with Gasteiger partial charge in [-0.1, -0.05) is 12.1 Å². The molecule has 0 atom stereocenters. The van der Waals surface area contributed by atoms with Gasteiger partial charge in [0.25, 0.3) is 10.0 Å². The first kappa shape index (κ1) is 17.0. The quantitative estimate of drug-likeness (QED) is 0.894. The first-order chi connectivity index (χ1) is 12.4. The molecule has 0 saturated heterocycles. The number of nitrogens with zero attached hydrogens (tertiary/aromatic N) is 1. The van der Waals surface area contributed by atoms with E-state index < -0.39 is 21.8 Å². The highest BCUT2D eigenvalue weighted by Crippen LogP contribution is 2.37. The molecule has 0 amide bonds. The molecule has 2 aromatic carbocycles. The Bertz CT molecular complexity index is 1020. The van der Waals surface area contributed by atoms with Crippen LogP contribution in [0.1, 0.15) is 39.9 Å². The summed E-state index contributed by atoms with van der Waals surface area (Å²) in [6.45, 7) is 0.183. The van der Waals surface area contributed by atoms with E-state index in [1.807, 2.05) is 0 Å². The lowest BCUT2D eigenvalue weighted by atomic mass is 10.0. The summed E-state index contributed by atoms with van der Waals surface area (Å²) in [5.41, 5.74) is 2.12. The standard InChI is InChI=1S/C19H18FNO4S/c20-16-8-2-4-12-6-3-9-21(18(12)16)26(24,25)17-11-14(19(22)23)10-13-5-1-7-15(13)17/h2,4,8,10-11H,1,3,5-7,9H2,(H,22,23). The zero-order chi connectivity index (χ0) is 18.5. The van der Waals surface area contributed by atoms with Gasteiger partial charge >= 0.3 is 5.97 Å². The topological polar surface area (TPSA) is 74.7 Å². The van der Waals surface area contributed by atoms with Gasteiger partial charge in [-0.15, -0.1) is 0 Å². The van der Waals surface area contributed by atoms with Gasteiger partial charge in [0.1, 0.15) is 5.82 Å². The first-order valence-corrected chi connectivity index (χ1v) is 10.0. The summed E-state index contributed by atoms with van der Waals surface area (Å²) in [5, 5.41) is 9.35. The number of carboxylic acid groups (broad SMARTS) is 1. The minimum Gasteiger partial charge on any atom is -0.478 e. The zero-order valence-corrected chi connectivity index (χ0v) is 14.9. The molecule has 136 valence electrons. The number of aryl methyl sites for hydroxylation is 2. The van der Waals surface area contributed by atoms with Gasteiger partial charge in [0.15, 0.2) is 0 Å². The van der Waals surface area contributed by atoms with Gasteiger partial charge in [-0.2, -0.15) is 0 Å². The van der Waals surface area contributed by atoms with Gasteiger partial charge in [-0.05, 0) is 67.0 Å². The number of para-hydroxylation sites is 1. The van der Waals surface area contributed by atoms with Crippen LogP contribution in [-0.2, 0) is 29.3 Å². The predicted octanol–water partition coefficient (Wildman–Crippen LogP) is 3.15. The van der Waals surface area contributed by atoms with Crippen molar-refractivity contribution >= 4 is 21.7 Å². The number of sulfonamides is 1. The van der Waals surface area contributed by atoms with Crippen LogP contribution < -0.4 is 4.31 Å². The van der Waals surface area contributed by atoms with Crippen LogP contribution in [0, 0.1) is 5.82 Å². The number of halogens is 1. The number of aromatic carboxylic acids is 1. The molecule has 0 spiro atoms. The fourth-order valence-corrected chi connectivity index (χ4v) is 5.82. The lowest BCUT2D eigenvalue weighted by Crippen LogP contribution is -2.37. The number of carbonyl (C=O) groups is 1. The fourth-order valence-electron chi connectivity index (χ4n) is 3.94. The number of benzene rings is 2. The fraction of sp³-hybridized carbons (Fsp3) is 0.316. The molecule has 0 aromatic heterocycles. The van der Waals surface area contributed by atoms with Crippen LogP contribution in [-0.4, -0.2) is 26.0 Å². The molecule has 2 aliphatic rings. The van der Waals surface area contributed by atoms with E-state index >= 15 is 0 Å². The monoisotopic (exact) mass is 375 g/mol. The number of anilines is 1. The average Bonchev–Trinajstić information content (AvgIpc) is 3.09. The SMILES string of the molecule is O=C(O)c1cc2c(c(S(=O)(=O)N3CCCc4cccc(F)c43)c1)CCC2. The summed E-state index contributed by atoms with van der Waals surface area (Å²) in [7, 11) is -4.05. The third-order valence-electron chi connectivity index (χ3n) is 5.12. The van der Waals surface area contributed by atoms with E-state index in [-0.39, 0.29) is 22.7 Å². The van der Waals surface area contributed by atoms with Crippen molar-refractivity contribution in [2.24, 2.45) is 0 Å². The first-order valence-electron chi connectivity index (χ1n) is 8.59. The van der Waals surface area contributed by atoms with Crippen LogP contribution >= 0.6 is 0 Å². The largest absolute Gasteiger partial charge is 0.478 e. The van der Waals surface area contributed by atoms with Gasteiger partial charge < -0.3 is 5.11 Å². The Kier molecular flexibility index (Phi) is 3.99.